The smallest absolute Gasteiger partial charge is 0.318 e. The summed E-state index contributed by atoms with van der Waals surface area (Å²) in [5.74, 6) is -0.451. The molecule has 0 aliphatic carbocycles. The topological polar surface area (TPSA) is 90.0 Å². The van der Waals surface area contributed by atoms with Gasteiger partial charge in [-0.25, -0.2) is 4.79 Å². The summed E-state index contributed by atoms with van der Waals surface area (Å²) in [4.78, 5) is 21.8. The van der Waals surface area contributed by atoms with E-state index in [9.17, 15) is 9.59 Å². The van der Waals surface area contributed by atoms with Gasteiger partial charge in [0.15, 0.2) is 0 Å². The van der Waals surface area contributed by atoms with Crippen LogP contribution in [-0.2, 0) is 24.2 Å². The molecule has 6 nitrogen and oxygen atoms in total. The standard InChI is InChI=1S/C10H16N4O2/c1-3-7-5-8(4-2)14(13-7)6-9(15)12-10(11)16/h5H,3-4,6H2,1-2H3,(H3,11,12,15,16). The highest BCUT2D eigenvalue weighted by atomic mass is 16.2. The normalized spacial score (nSPS) is 10.1. The van der Waals surface area contributed by atoms with Gasteiger partial charge >= 0.3 is 6.03 Å². The summed E-state index contributed by atoms with van der Waals surface area (Å²) in [7, 11) is 0. The van der Waals surface area contributed by atoms with Crippen LogP contribution in [0.1, 0.15) is 25.2 Å². The number of hydrogen-bond acceptors (Lipinski definition) is 3. The Morgan fingerprint density at radius 2 is 2.12 bits per heavy atom. The van der Waals surface area contributed by atoms with Crippen LogP contribution in [0.4, 0.5) is 4.79 Å². The van der Waals surface area contributed by atoms with E-state index in [1.165, 1.54) is 0 Å². The number of amides is 3. The number of nitrogens with one attached hydrogen (secondary N) is 1. The van der Waals surface area contributed by atoms with Crippen LogP contribution in [0.15, 0.2) is 6.07 Å². The molecular weight excluding hydrogens is 208 g/mol. The molecule has 0 spiro atoms. The van der Waals surface area contributed by atoms with Gasteiger partial charge in [0.2, 0.25) is 5.91 Å². The number of rotatable bonds is 4. The number of urea groups is 1. The zero-order chi connectivity index (χ0) is 12.1. The molecule has 0 fully saturated rings. The van der Waals surface area contributed by atoms with Crippen molar-refractivity contribution in [3.8, 4) is 0 Å². The van der Waals surface area contributed by atoms with Gasteiger partial charge in [0.25, 0.3) is 0 Å². The number of nitrogens with zero attached hydrogens (tertiary/aromatic N) is 2. The summed E-state index contributed by atoms with van der Waals surface area (Å²) in [6.45, 7) is 4.00. The molecule has 0 unspecified atom stereocenters. The molecule has 16 heavy (non-hydrogen) atoms. The third-order valence-corrected chi connectivity index (χ3v) is 2.19. The fourth-order valence-electron chi connectivity index (χ4n) is 1.42. The first kappa shape index (κ1) is 12.2. The lowest BCUT2D eigenvalue weighted by molar-refractivity contribution is -0.120. The van der Waals surface area contributed by atoms with Crippen molar-refractivity contribution < 1.29 is 9.59 Å². The number of imide groups is 1. The quantitative estimate of drug-likeness (QED) is 0.765. The van der Waals surface area contributed by atoms with Crippen LogP contribution >= 0.6 is 0 Å². The van der Waals surface area contributed by atoms with Crippen molar-refractivity contribution in [2.75, 3.05) is 0 Å². The van der Waals surface area contributed by atoms with Crippen molar-refractivity contribution in [3.05, 3.63) is 17.5 Å². The second-order valence-corrected chi connectivity index (χ2v) is 3.40. The Kier molecular flexibility index (Phi) is 4.04. The SMILES string of the molecule is CCc1cc(CC)n(CC(=O)NC(N)=O)n1. The van der Waals surface area contributed by atoms with Gasteiger partial charge in [-0.15, -0.1) is 0 Å². The van der Waals surface area contributed by atoms with Crippen LogP contribution in [0.25, 0.3) is 0 Å². The molecule has 0 atom stereocenters. The molecule has 0 saturated heterocycles. The van der Waals surface area contributed by atoms with Crippen molar-refractivity contribution >= 4 is 11.9 Å². The highest BCUT2D eigenvalue weighted by molar-refractivity contribution is 5.93. The summed E-state index contributed by atoms with van der Waals surface area (Å²) in [5.41, 5.74) is 6.75. The maximum absolute atomic E-state index is 11.3. The summed E-state index contributed by atoms with van der Waals surface area (Å²) in [6.07, 6.45) is 1.61. The number of nitrogens with two attached hydrogens (primary N) is 1. The largest absolute Gasteiger partial charge is 0.351 e. The van der Waals surface area contributed by atoms with Crippen LogP contribution in [0.3, 0.4) is 0 Å². The molecule has 0 saturated carbocycles. The number of primary amides is 1. The van der Waals surface area contributed by atoms with Crippen LogP contribution in [0.5, 0.6) is 0 Å². The molecule has 1 heterocycles. The van der Waals surface area contributed by atoms with Crippen LogP contribution < -0.4 is 11.1 Å². The van der Waals surface area contributed by atoms with E-state index in [0.29, 0.717) is 0 Å². The number of carbonyl (C=O) groups is 2. The Hall–Kier alpha value is -1.85. The monoisotopic (exact) mass is 224 g/mol. The second-order valence-electron chi connectivity index (χ2n) is 3.40. The summed E-state index contributed by atoms with van der Waals surface area (Å²) in [5, 5.41) is 6.26. The van der Waals surface area contributed by atoms with Crippen LogP contribution in [0.2, 0.25) is 0 Å². The van der Waals surface area contributed by atoms with Gasteiger partial charge in [0.05, 0.1) is 5.69 Å². The van der Waals surface area contributed by atoms with Crippen molar-refractivity contribution in [1.29, 1.82) is 0 Å². The van der Waals surface area contributed by atoms with Gasteiger partial charge in [0, 0.05) is 5.69 Å². The zero-order valence-electron chi connectivity index (χ0n) is 9.49. The lowest BCUT2D eigenvalue weighted by Crippen LogP contribution is -2.37. The fourth-order valence-corrected chi connectivity index (χ4v) is 1.42. The second kappa shape index (κ2) is 5.29. The predicted octanol–water partition coefficient (Wildman–Crippen LogP) is 0.203. The van der Waals surface area contributed by atoms with E-state index in [1.54, 1.807) is 4.68 Å². The highest BCUT2D eigenvalue weighted by Gasteiger charge is 2.10. The highest BCUT2D eigenvalue weighted by Crippen LogP contribution is 2.05. The number of carbonyl (C=O) groups excluding carboxylic acids is 2. The van der Waals surface area contributed by atoms with E-state index in [0.717, 1.165) is 24.2 Å². The van der Waals surface area contributed by atoms with Gasteiger partial charge < -0.3 is 5.73 Å². The molecule has 0 aromatic carbocycles. The minimum atomic E-state index is -0.842. The Morgan fingerprint density at radius 3 is 2.62 bits per heavy atom. The molecule has 88 valence electrons. The Labute approximate surface area is 93.8 Å². The van der Waals surface area contributed by atoms with Crippen molar-refractivity contribution in [1.82, 2.24) is 15.1 Å². The number of hydrogen-bond donors (Lipinski definition) is 2. The lowest BCUT2D eigenvalue weighted by Gasteiger charge is -2.04. The third kappa shape index (κ3) is 3.08. The summed E-state index contributed by atoms with van der Waals surface area (Å²) >= 11 is 0. The minimum absolute atomic E-state index is 0.0200. The van der Waals surface area contributed by atoms with Gasteiger partial charge in [-0.1, -0.05) is 13.8 Å². The van der Waals surface area contributed by atoms with E-state index in [4.69, 9.17) is 5.73 Å². The average Bonchev–Trinajstić information content (AvgIpc) is 2.59. The molecular formula is C10H16N4O2. The maximum Gasteiger partial charge on any atom is 0.318 e. The van der Waals surface area contributed by atoms with Gasteiger partial charge in [-0.05, 0) is 18.9 Å². The molecule has 1 aromatic rings. The first-order valence-corrected chi connectivity index (χ1v) is 5.21. The maximum atomic E-state index is 11.3. The van der Waals surface area contributed by atoms with E-state index in [2.05, 4.69) is 5.10 Å². The first-order chi connectivity index (χ1) is 7.56. The molecule has 0 bridgehead atoms. The number of aryl methyl sites for hydroxylation is 2. The van der Waals surface area contributed by atoms with Gasteiger partial charge in [0.1, 0.15) is 6.54 Å². The average molecular weight is 224 g/mol. The molecule has 0 aliphatic rings. The van der Waals surface area contributed by atoms with E-state index in [-0.39, 0.29) is 6.54 Å². The first-order valence-electron chi connectivity index (χ1n) is 5.21. The summed E-state index contributed by atoms with van der Waals surface area (Å²) < 4.78 is 1.59. The van der Waals surface area contributed by atoms with Gasteiger partial charge in [-0.3, -0.25) is 14.8 Å². The van der Waals surface area contributed by atoms with Crippen molar-refractivity contribution in [3.63, 3.8) is 0 Å². The molecule has 1 aromatic heterocycles. The van der Waals surface area contributed by atoms with E-state index >= 15 is 0 Å². The van der Waals surface area contributed by atoms with Crippen molar-refractivity contribution in [2.24, 2.45) is 5.73 Å². The Bertz CT molecular complexity index is 398. The predicted molar refractivity (Wildman–Crippen MR) is 58.7 cm³/mol. The fraction of sp³-hybridized carbons (Fsp3) is 0.500. The van der Waals surface area contributed by atoms with E-state index in [1.807, 2.05) is 25.2 Å². The molecule has 3 amide bonds. The molecule has 0 aliphatic heterocycles. The third-order valence-electron chi connectivity index (χ3n) is 2.19. The minimum Gasteiger partial charge on any atom is -0.351 e. The molecule has 1 rings (SSSR count). The molecule has 6 heteroatoms. The molecule has 0 radical (unpaired) electrons. The Balaban J connectivity index is 2.75. The zero-order valence-corrected chi connectivity index (χ0v) is 9.49. The van der Waals surface area contributed by atoms with Gasteiger partial charge in [-0.2, -0.15) is 5.10 Å². The van der Waals surface area contributed by atoms with Crippen molar-refractivity contribution in [2.45, 2.75) is 33.2 Å². The van der Waals surface area contributed by atoms with Crippen LogP contribution in [-0.4, -0.2) is 21.7 Å². The van der Waals surface area contributed by atoms with E-state index < -0.39 is 11.9 Å². The summed E-state index contributed by atoms with van der Waals surface area (Å²) in [6, 6.07) is 1.11. The molecule has 3 N–H and O–H groups in total. The van der Waals surface area contributed by atoms with Crippen LogP contribution in [0, 0.1) is 0 Å². The lowest BCUT2D eigenvalue weighted by atomic mass is 10.2. The Morgan fingerprint density at radius 1 is 1.44 bits per heavy atom. The number of aromatic nitrogens is 2.